The number of sulfone groups is 1. The van der Waals surface area contributed by atoms with Crippen LogP contribution in [-0.4, -0.2) is 29.1 Å². The van der Waals surface area contributed by atoms with Crippen LogP contribution in [-0.2, 0) is 15.4 Å². The van der Waals surface area contributed by atoms with E-state index in [1.807, 2.05) is 97.1 Å². The number of hydrogen-bond donors (Lipinski definition) is 1. The minimum absolute atomic E-state index is 0.116. The van der Waals surface area contributed by atoms with Crippen molar-refractivity contribution in [3.63, 3.8) is 0 Å². The number of pyridine rings is 1. The van der Waals surface area contributed by atoms with Gasteiger partial charge in [-0.3, -0.25) is 4.79 Å². The second-order valence-electron chi connectivity index (χ2n) is 10.9. The molecule has 0 atom stereocenters. The maximum absolute atomic E-state index is 14.1. The van der Waals surface area contributed by atoms with E-state index >= 15 is 0 Å². The summed E-state index contributed by atoms with van der Waals surface area (Å²) in [5.41, 5.74) is 2.20. The summed E-state index contributed by atoms with van der Waals surface area (Å²) in [6, 6.07) is 44.3. The maximum Gasteiger partial charge on any atom is 0.256 e. The highest BCUT2D eigenvalue weighted by molar-refractivity contribution is 7.91. The van der Waals surface area contributed by atoms with Gasteiger partial charge in [-0.15, -0.1) is 0 Å². The molecule has 7 aromatic rings. The summed E-state index contributed by atoms with van der Waals surface area (Å²) < 4.78 is 43.3. The van der Waals surface area contributed by atoms with Crippen molar-refractivity contribution in [1.29, 1.82) is 0 Å². The van der Waals surface area contributed by atoms with E-state index < -0.39 is 27.1 Å². The van der Waals surface area contributed by atoms with E-state index in [1.165, 1.54) is 30.5 Å². The van der Waals surface area contributed by atoms with Crippen LogP contribution in [0, 0.1) is 5.82 Å². The molecule has 0 unspecified atom stereocenters. The van der Waals surface area contributed by atoms with E-state index in [0.29, 0.717) is 16.6 Å². The number of hydrogen-bond acceptors (Lipinski definition) is 5. The van der Waals surface area contributed by atoms with Crippen molar-refractivity contribution in [3.8, 4) is 0 Å². The number of rotatable bonds is 8. The van der Waals surface area contributed by atoms with Gasteiger partial charge in [-0.25, -0.2) is 22.5 Å². The summed E-state index contributed by atoms with van der Waals surface area (Å²) in [6.07, 6.45) is 1.25. The van der Waals surface area contributed by atoms with Gasteiger partial charge in [0.15, 0.2) is 11.5 Å². The molecular formula is C38H27FN4O3S. The second kappa shape index (κ2) is 12.1. The van der Waals surface area contributed by atoms with E-state index in [-0.39, 0.29) is 15.6 Å². The smallest absolute Gasteiger partial charge is 0.256 e. The molecule has 230 valence electrons. The predicted molar refractivity (Wildman–Crippen MR) is 178 cm³/mol. The van der Waals surface area contributed by atoms with Gasteiger partial charge in [0.1, 0.15) is 11.4 Å². The van der Waals surface area contributed by atoms with Gasteiger partial charge in [0, 0.05) is 11.8 Å². The lowest BCUT2D eigenvalue weighted by Gasteiger charge is -2.36. The molecule has 2 aromatic heterocycles. The number of carbonyl (C=O) groups is 1. The number of nitrogens with one attached hydrogen (secondary N) is 1. The highest BCUT2D eigenvalue weighted by atomic mass is 32.2. The van der Waals surface area contributed by atoms with Crippen LogP contribution in [0.4, 0.5) is 10.2 Å². The van der Waals surface area contributed by atoms with Crippen molar-refractivity contribution >= 4 is 32.6 Å². The Morgan fingerprint density at radius 3 is 1.72 bits per heavy atom. The Hall–Kier alpha value is -5.93. The summed E-state index contributed by atoms with van der Waals surface area (Å²) in [5, 5.41) is 8.23. The summed E-state index contributed by atoms with van der Waals surface area (Å²) in [5.74, 6) is -0.993. The average Bonchev–Trinajstić information content (AvgIpc) is 3.48. The number of benzene rings is 5. The van der Waals surface area contributed by atoms with Gasteiger partial charge in [0.05, 0.1) is 15.2 Å². The fraction of sp³-hybridized carbons (Fsp3) is 0.0263. The third kappa shape index (κ3) is 5.26. The maximum atomic E-state index is 14.1. The molecule has 0 saturated carbocycles. The lowest BCUT2D eigenvalue weighted by Crippen LogP contribution is -2.38. The van der Waals surface area contributed by atoms with Gasteiger partial charge in [-0.1, -0.05) is 115 Å². The third-order valence-corrected chi connectivity index (χ3v) is 9.79. The molecule has 2 heterocycles. The number of aromatic nitrogens is 3. The average molecular weight is 639 g/mol. The van der Waals surface area contributed by atoms with Crippen LogP contribution >= 0.6 is 0 Å². The molecule has 0 fully saturated rings. The van der Waals surface area contributed by atoms with Gasteiger partial charge >= 0.3 is 0 Å². The third-order valence-electron chi connectivity index (χ3n) is 8.07. The van der Waals surface area contributed by atoms with Crippen molar-refractivity contribution in [2.75, 3.05) is 5.32 Å². The predicted octanol–water partition coefficient (Wildman–Crippen LogP) is 7.50. The zero-order chi connectivity index (χ0) is 32.4. The van der Waals surface area contributed by atoms with Crippen LogP contribution in [0.3, 0.4) is 0 Å². The summed E-state index contributed by atoms with van der Waals surface area (Å²) in [6.45, 7) is 0. The first-order valence-corrected chi connectivity index (χ1v) is 16.3. The molecule has 0 spiro atoms. The van der Waals surface area contributed by atoms with E-state index in [9.17, 15) is 17.6 Å². The quantitative estimate of drug-likeness (QED) is 0.174. The molecule has 0 aliphatic carbocycles. The van der Waals surface area contributed by atoms with Crippen molar-refractivity contribution in [2.24, 2.45) is 0 Å². The number of anilines is 1. The molecule has 1 N–H and O–H groups in total. The number of nitrogens with zero attached hydrogens (tertiary/aromatic N) is 3. The van der Waals surface area contributed by atoms with E-state index in [1.54, 1.807) is 28.9 Å². The topological polar surface area (TPSA) is 93.9 Å². The van der Waals surface area contributed by atoms with Crippen molar-refractivity contribution in [3.05, 3.63) is 186 Å². The first-order valence-electron chi connectivity index (χ1n) is 14.8. The van der Waals surface area contributed by atoms with E-state index in [4.69, 9.17) is 10.1 Å². The fourth-order valence-corrected chi connectivity index (χ4v) is 7.16. The minimum atomic E-state index is -4.19. The molecule has 9 heteroatoms. The Balaban J connectivity index is 1.55. The Kier molecular flexibility index (Phi) is 7.67. The highest BCUT2D eigenvalue weighted by Crippen LogP contribution is 2.43. The molecular weight excluding hydrogens is 612 g/mol. The van der Waals surface area contributed by atoms with Gasteiger partial charge in [0.25, 0.3) is 5.91 Å². The second-order valence-corrected chi connectivity index (χ2v) is 12.8. The Morgan fingerprint density at radius 1 is 0.660 bits per heavy atom. The molecule has 0 saturated heterocycles. The Labute approximate surface area is 270 Å². The lowest BCUT2D eigenvalue weighted by atomic mass is 9.77. The van der Waals surface area contributed by atoms with E-state index in [0.717, 1.165) is 22.8 Å². The molecule has 7 rings (SSSR count). The molecule has 1 amide bonds. The molecule has 47 heavy (non-hydrogen) atoms. The van der Waals surface area contributed by atoms with Gasteiger partial charge in [-0.05, 0) is 53.1 Å². The summed E-state index contributed by atoms with van der Waals surface area (Å²) in [7, 11) is -4.19. The first-order chi connectivity index (χ1) is 22.9. The first kappa shape index (κ1) is 29.8. The van der Waals surface area contributed by atoms with E-state index in [2.05, 4.69) is 5.32 Å². The molecule has 0 bridgehead atoms. The van der Waals surface area contributed by atoms with Crippen molar-refractivity contribution in [1.82, 2.24) is 14.8 Å². The number of carbonyl (C=O) groups excluding carboxylic acids is 1. The number of amides is 1. The van der Waals surface area contributed by atoms with Crippen molar-refractivity contribution in [2.45, 2.75) is 15.3 Å². The van der Waals surface area contributed by atoms with Crippen LogP contribution in [0.2, 0.25) is 0 Å². The van der Waals surface area contributed by atoms with Crippen LogP contribution in [0.5, 0.6) is 0 Å². The summed E-state index contributed by atoms with van der Waals surface area (Å²) in [4.78, 5) is 17.9. The number of halogens is 1. The van der Waals surface area contributed by atoms with Crippen LogP contribution in [0.1, 0.15) is 27.0 Å². The normalized spacial score (nSPS) is 11.8. The Bertz CT molecular complexity index is 2220. The monoisotopic (exact) mass is 638 g/mol. The zero-order valence-corrected chi connectivity index (χ0v) is 25.7. The van der Waals surface area contributed by atoms with Crippen LogP contribution in [0.15, 0.2) is 168 Å². The van der Waals surface area contributed by atoms with Crippen LogP contribution < -0.4 is 5.32 Å². The standard InChI is InChI=1S/C38H27FN4O3S/c39-31-22-13-23-32(24-31)47(45,46)33-25-34-35(41-37(44)27-14-5-1-6-15-27)42-43(36(34)40-26-33)38(28-16-7-2-8-17-28,29-18-9-3-10-19-29)30-20-11-4-12-21-30/h1-26H,(H,41,42,44). The van der Waals surface area contributed by atoms with Gasteiger partial charge in [-0.2, -0.15) is 5.10 Å². The van der Waals surface area contributed by atoms with Crippen LogP contribution in [0.25, 0.3) is 11.0 Å². The van der Waals surface area contributed by atoms with Gasteiger partial charge < -0.3 is 5.32 Å². The minimum Gasteiger partial charge on any atom is -0.304 e. The zero-order valence-electron chi connectivity index (χ0n) is 24.9. The Morgan fingerprint density at radius 2 is 1.19 bits per heavy atom. The lowest BCUT2D eigenvalue weighted by molar-refractivity contribution is 0.102. The molecule has 0 aliphatic heterocycles. The fourth-order valence-electron chi connectivity index (χ4n) is 5.90. The van der Waals surface area contributed by atoms with Crippen molar-refractivity contribution < 1.29 is 17.6 Å². The molecule has 5 aromatic carbocycles. The van der Waals surface area contributed by atoms with Gasteiger partial charge in [0.2, 0.25) is 9.84 Å². The molecule has 0 aliphatic rings. The SMILES string of the molecule is O=C(Nc1nn(C(c2ccccc2)(c2ccccc2)c2ccccc2)c2ncc(S(=O)(=O)c3cccc(F)c3)cc12)c1ccccc1. The number of fused-ring (bicyclic) bond motifs is 1. The highest BCUT2D eigenvalue weighted by Gasteiger charge is 2.41. The summed E-state index contributed by atoms with van der Waals surface area (Å²) >= 11 is 0. The molecule has 7 nitrogen and oxygen atoms in total. The largest absolute Gasteiger partial charge is 0.304 e. The molecule has 0 radical (unpaired) electrons.